The van der Waals surface area contributed by atoms with Crippen LogP contribution in [0.1, 0.15) is 213 Å². The van der Waals surface area contributed by atoms with E-state index in [2.05, 4.69) is 106 Å². The summed E-state index contributed by atoms with van der Waals surface area (Å²) in [5, 5.41) is 0. The van der Waals surface area contributed by atoms with Crippen molar-refractivity contribution in [2.45, 2.75) is 219 Å². The van der Waals surface area contributed by atoms with Crippen LogP contribution in [0, 0.1) is 0 Å². The van der Waals surface area contributed by atoms with Crippen molar-refractivity contribution >= 4 is 17.9 Å². The summed E-state index contributed by atoms with van der Waals surface area (Å²) < 4.78 is 16.7. The van der Waals surface area contributed by atoms with E-state index in [0.717, 1.165) is 96.3 Å². The van der Waals surface area contributed by atoms with Crippen molar-refractivity contribution < 1.29 is 28.6 Å². The Bertz CT molecular complexity index is 1250. The number of unbranched alkanes of at least 4 members (excludes halogenated alkanes) is 18. The van der Waals surface area contributed by atoms with Gasteiger partial charge in [-0.05, 0) is 70.6 Å². The topological polar surface area (TPSA) is 78.9 Å². The first kappa shape index (κ1) is 57.3. The quantitative estimate of drug-likeness (QED) is 0.0200. The smallest absolute Gasteiger partial charge is 0.306 e. The monoisotopic (exact) mass is 847 g/mol. The van der Waals surface area contributed by atoms with Gasteiger partial charge in [-0.1, -0.05) is 221 Å². The Hall–Kier alpha value is -3.67. The maximum atomic E-state index is 12.8. The van der Waals surface area contributed by atoms with E-state index in [1.54, 1.807) is 0 Å². The summed E-state index contributed by atoms with van der Waals surface area (Å²) in [5.41, 5.74) is 0. The number of hydrogen-bond donors (Lipinski definition) is 0. The Morgan fingerprint density at radius 3 is 1.25 bits per heavy atom. The predicted molar refractivity (Wildman–Crippen MR) is 260 cm³/mol. The van der Waals surface area contributed by atoms with Crippen molar-refractivity contribution in [2.75, 3.05) is 13.2 Å². The van der Waals surface area contributed by atoms with E-state index in [-0.39, 0.29) is 37.5 Å². The molecular formula is C55H90O6. The van der Waals surface area contributed by atoms with Gasteiger partial charge in [0.2, 0.25) is 0 Å². The molecule has 1 unspecified atom stereocenters. The molecule has 6 nitrogen and oxygen atoms in total. The average molecular weight is 847 g/mol. The van der Waals surface area contributed by atoms with Crippen LogP contribution in [0.15, 0.2) is 97.2 Å². The zero-order chi connectivity index (χ0) is 44.4. The molecule has 0 aliphatic carbocycles. The van der Waals surface area contributed by atoms with Crippen molar-refractivity contribution in [3.8, 4) is 0 Å². The molecule has 0 N–H and O–H groups in total. The highest BCUT2D eigenvalue weighted by molar-refractivity contribution is 5.71. The fraction of sp³-hybridized carbons (Fsp3) is 0.655. The highest BCUT2D eigenvalue weighted by Crippen LogP contribution is 2.14. The van der Waals surface area contributed by atoms with Gasteiger partial charge in [-0.2, -0.15) is 0 Å². The van der Waals surface area contributed by atoms with E-state index in [4.69, 9.17) is 14.2 Å². The Kier molecular flexibility index (Phi) is 46.0. The van der Waals surface area contributed by atoms with Crippen LogP contribution in [0.2, 0.25) is 0 Å². The van der Waals surface area contributed by atoms with Crippen molar-refractivity contribution in [3.05, 3.63) is 97.2 Å². The summed E-state index contributed by atoms with van der Waals surface area (Å²) in [7, 11) is 0. The lowest BCUT2D eigenvalue weighted by Gasteiger charge is -2.18. The molecule has 0 spiro atoms. The van der Waals surface area contributed by atoms with E-state index in [1.807, 2.05) is 12.2 Å². The Labute approximate surface area is 375 Å². The van der Waals surface area contributed by atoms with Gasteiger partial charge < -0.3 is 14.2 Å². The van der Waals surface area contributed by atoms with Crippen LogP contribution in [0.25, 0.3) is 0 Å². The fourth-order valence-corrected chi connectivity index (χ4v) is 6.49. The van der Waals surface area contributed by atoms with Gasteiger partial charge in [0.1, 0.15) is 13.2 Å². The fourth-order valence-electron chi connectivity index (χ4n) is 6.49. The minimum Gasteiger partial charge on any atom is -0.462 e. The Balaban J connectivity index is 4.52. The van der Waals surface area contributed by atoms with Crippen LogP contribution in [0.4, 0.5) is 0 Å². The van der Waals surface area contributed by atoms with Crippen molar-refractivity contribution in [2.24, 2.45) is 0 Å². The molecule has 0 aromatic carbocycles. The third kappa shape index (κ3) is 47.2. The molecule has 0 aromatic rings. The highest BCUT2D eigenvalue weighted by atomic mass is 16.6. The lowest BCUT2D eigenvalue weighted by molar-refractivity contribution is -0.166. The number of hydrogen-bond acceptors (Lipinski definition) is 6. The second-order valence-corrected chi connectivity index (χ2v) is 16.0. The molecular weight excluding hydrogens is 757 g/mol. The Morgan fingerprint density at radius 1 is 0.361 bits per heavy atom. The van der Waals surface area contributed by atoms with Gasteiger partial charge in [0.05, 0.1) is 0 Å². The van der Waals surface area contributed by atoms with Crippen LogP contribution in [-0.2, 0) is 28.6 Å². The van der Waals surface area contributed by atoms with Crippen LogP contribution in [-0.4, -0.2) is 37.2 Å². The molecule has 0 rings (SSSR count). The summed E-state index contributed by atoms with van der Waals surface area (Å²) in [6.45, 7) is 6.30. The summed E-state index contributed by atoms with van der Waals surface area (Å²) in [6, 6.07) is 0. The second-order valence-electron chi connectivity index (χ2n) is 16.0. The highest BCUT2D eigenvalue weighted by Gasteiger charge is 2.19. The number of carbonyl (C=O) groups excluding carboxylic acids is 3. The first-order chi connectivity index (χ1) is 30.0. The van der Waals surface area contributed by atoms with E-state index < -0.39 is 6.10 Å². The lowest BCUT2D eigenvalue weighted by Crippen LogP contribution is -2.30. The van der Waals surface area contributed by atoms with E-state index in [9.17, 15) is 14.4 Å². The summed E-state index contributed by atoms with van der Waals surface area (Å²) in [4.78, 5) is 37.9. The molecule has 0 amide bonds. The van der Waals surface area contributed by atoms with Gasteiger partial charge in [0.15, 0.2) is 6.10 Å². The minimum atomic E-state index is -0.814. The molecule has 1 atom stereocenters. The third-order valence-electron chi connectivity index (χ3n) is 10.2. The molecule has 346 valence electrons. The van der Waals surface area contributed by atoms with Crippen LogP contribution in [0.3, 0.4) is 0 Å². The Morgan fingerprint density at radius 2 is 0.754 bits per heavy atom. The SMILES string of the molecule is CC\C=C/C=C\C=C/CCCCCCCC(=O)OCC(COC(=O)CC/C=C\C/C=C\C/C=C\C/C=C\C/C=C\CC)OC(=O)CCCCCCCCCCCCCCCC. The zero-order valence-corrected chi connectivity index (χ0v) is 39.4. The molecule has 6 heteroatoms. The van der Waals surface area contributed by atoms with Gasteiger partial charge >= 0.3 is 17.9 Å². The van der Waals surface area contributed by atoms with Gasteiger partial charge in [-0.3, -0.25) is 14.4 Å². The summed E-state index contributed by atoms with van der Waals surface area (Å²) in [5.74, 6) is -1.02. The third-order valence-corrected chi connectivity index (χ3v) is 10.2. The molecule has 0 heterocycles. The number of rotatable bonds is 43. The largest absolute Gasteiger partial charge is 0.462 e. The summed E-state index contributed by atoms with van der Waals surface area (Å²) in [6.07, 6.45) is 64.0. The summed E-state index contributed by atoms with van der Waals surface area (Å²) >= 11 is 0. The second kappa shape index (κ2) is 49.0. The first-order valence-corrected chi connectivity index (χ1v) is 24.8. The van der Waals surface area contributed by atoms with Gasteiger partial charge in [-0.15, -0.1) is 0 Å². The number of carbonyl (C=O) groups is 3. The molecule has 0 aliphatic heterocycles. The lowest BCUT2D eigenvalue weighted by atomic mass is 10.0. The van der Waals surface area contributed by atoms with Crippen molar-refractivity contribution in [1.29, 1.82) is 0 Å². The van der Waals surface area contributed by atoms with E-state index in [0.29, 0.717) is 19.3 Å². The average Bonchev–Trinajstić information content (AvgIpc) is 3.26. The van der Waals surface area contributed by atoms with Crippen LogP contribution in [0.5, 0.6) is 0 Å². The van der Waals surface area contributed by atoms with Gasteiger partial charge in [0.25, 0.3) is 0 Å². The molecule has 0 aliphatic rings. The predicted octanol–water partition coefficient (Wildman–Crippen LogP) is 16.2. The molecule has 0 bridgehead atoms. The molecule has 0 radical (unpaired) electrons. The van der Waals surface area contributed by atoms with Gasteiger partial charge in [-0.25, -0.2) is 0 Å². The number of esters is 3. The normalized spacial score (nSPS) is 12.9. The molecule has 0 aromatic heterocycles. The minimum absolute atomic E-state index is 0.111. The maximum Gasteiger partial charge on any atom is 0.306 e. The van der Waals surface area contributed by atoms with Crippen LogP contribution < -0.4 is 0 Å². The van der Waals surface area contributed by atoms with Crippen molar-refractivity contribution in [3.63, 3.8) is 0 Å². The van der Waals surface area contributed by atoms with Gasteiger partial charge in [0, 0.05) is 19.3 Å². The molecule has 0 fully saturated rings. The number of ether oxygens (including phenoxy) is 3. The molecule has 61 heavy (non-hydrogen) atoms. The van der Waals surface area contributed by atoms with Crippen molar-refractivity contribution in [1.82, 2.24) is 0 Å². The van der Waals surface area contributed by atoms with E-state index >= 15 is 0 Å². The standard InChI is InChI=1S/C55H90O6/c1-4-7-10-13-16-19-22-25-27-28-31-33-36-39-42-45-48-54(57)60-51-52(50-59-53(56)47-44-41-38-35-32-29-24-21-18-15-12-9-6-3)61-55(58)49-46-43-40-37-34-30-26-23-20-17-14-11-8-5-2/h7,9-10,12,15-16,18-19,21,24-25,27,31,33,39,42,52H,4-6,8,11,13-14,17,20,22-23,26,28-30,32,34-38,40-41,43-51H2,1-3H3/b10-7-,12-9-,18-15-,19-16-,24-21-,27-25-,33-31-,42-39-. The zero-order valence-electron chi connectivity index (χ0n) is 39.4. The molecule has 0 saturated heterocycles. The van der Waals surface area contributed by atoms with Crippen LogP contribution >= 0.6 is 0 Å². The first-order valence-electron chi connectivity index (χ1n) is 24.8. The molecule has 0 saturated carbocycles. The number of allylic oxidation sites excluding steroid dienone is 16. The maximum absolute atomic E-state index is 12.8. The van der Waals surface area contributed by atoms with E-state index in [1.165, 1.54) is 70.6 Å².